The van der Waals surface area contributed by atoms with Gasteiger partial charge >= 0.3 is 5.97 Å². The van der Waals surface area contributed by atoms with Gasteiger partial charge in [0.15, 0.2) is 0 Å². The number of azide groups is 1. The lowest BCUT2D eigenvalue weighted by Gasteiger charge is -2.37. The first-order chi connectivity index (χ1) is 10.2. The van der Waals surface area contributed by atoms with Gasteiger partial charge in [-0.05, 0) is 11.1 Å². The lowest BCUT2D eigenvalue weighted by atomic mass is 10.1. The molecule has 1 aliphatic heterocycles. The summed E-state index contributed by atoms with van der Waals surface area (Å²) in [4.78, 5) is 15.8. The molecule has 0 radical (unpaired) electrons. The molecule has 1 heterocycles. The molecule has 0 aliphatic carbocycles. The fourth-order valence-corrected chi connectivity index (χ4v) is 2.52. The van der Waals surface area contributed by atoms with Crippen molar-refractivity contribution in [3.63, 3.8) is 0 Å². The van der Waals surface area contributed by atoms with Crippen molar-refractivity contribution in [2.24, 2.45) is 5.11 Å². The second-order valence-corrected chi connectivity index (χ2v) is 5.07. The maximum Gasteiger partial charge on any atom is 0.306 e. The number of ether oxygens (including phenoxy) is 1. The normalized spacial score (nSPS) is 22.5. The van der Waals surface area contributed by atoms with Crippen molar-refractivity contribution in [1.82, 2.24) is 4.90 Å². The molecular formula is C14H18N4O3. The van der Waals surface area contributed by atoms with E-state index in [0.717, 1.165) is 12.1 Å². The molecule has 0 unspecified atom stereocenters. The summed E-state index contributed by atoms with van der Waals surface area (Å²) in [5.41, 5.74) is 9.57. The Kier molecular flexibility index (Phi) is 5.57. The first kappa shape index (κ1) is 15.3. The number of hydrogen-bond donors (Lipinski definition) is 1. The molecule has 1 aromatic carbocycles. The lowest BCUT2D eigenvalue weighted by molar-refractivity contribution is -0.145. The van der Waals surface area contributed by atoms with E-state index in [1.165, 1.54) is 0 Å². The Morgan fingerprint density at radius 2 is 2.10 bits per heavy atom. The molecule has 2 atom stereocenters. The van der Waals surface area contributed by atoms with Gasteiger partial charge in [-0.15, -0.1) is 0 Å². The zero-order chi connectivity index (χ0) is 15.1. The molecule has 1 saturated heterocycles. The number of hydrogen-bond acceptors (Lipinski definition) is 4. The molecule has 2 rings (SSSR count). The van der Waals surface area contributed by atoms with Gasteiger partial charge in [-0.1, -0.05) is 35.4 Å². The lowest BCUT2D eigenvalue weighted by Crippen LogP contribution is -2.48. The molecule has 0 saturated carbocycles. The highest BCUT2D eigenvalue weighted by Gasteiger charge is 2.28. The smallest absolute Gasteiger partial charge is 0.306 e. The van der Waals surface area contributed by atoms with E-state index in [2.05, 4.69) is 14.9 Å². The second kappa shape index (κ2) is 7.64. The molecule has 21 heavy (non-hydrogen) atoms. The highest BCUT2D eigenvalue weighted by Crippen LogP contribution is 2.17. The third-order valence-electron chi connectivity index (χ3n) is 3.31. The van der Waals surface area contributed by atoms with Crippen molar-refractivity contribution >= 4 is 5.97 Å². The third kappa shape index (κ3) is 5.07. The molecule has 1 aliphatic rings. The summed E-state index contributed by atoms with van der Waals surface area (Å²) < 4.78 is 5.68. The number of nitrogens with zero attached hydrogens (tertiary/aromatic N) is 4. The summed E-state index contributed by atoms with van der Waals surface area (Å²) in [6.07, 6.45) is -0.681. The Morgan fingerprint density at radius 3 is 2.76 bits per heavy atom. The van der Waals surface area contributed by atoms with E-state index in [-0.39, 0.29) is 25.2 Å². The molecule has 0 spiro atoms. The molecule has 0 bridgehead atoms. The quantitative estimate of drug-likeness (QED) is 0.492. The van der Waals surface area contributed by atoms with E-state index in [4.69, 9.17) is 15.4 Å². The van der Waals surface area contributed by atoms with E-state index in [1.807, 2.05) is 30.3 Å². The van der Waals surface area contributed by atoms with Crippen LogP contribution in [0.25, 0.3) is 10.4 Å². The summed E-state index contributed by atoms with van der Waals surface area (Å²) in [6.45, 7) is 2.14. The zero-order valence-corrected chi connectivity index (χ0v) is 11.6. The number of carbonyl (C=O) groups is 1. The molecule has 7 nitrogen and oxygen atoms in total. The minimum atomic E-state index is -0.885. The number of benzene rings is 1. The molecule has 1 fully saturated rings. The fraction of sp³-hybridized carbons (Fsp3) is 0.500. The number of carboxylic acids is 1. The predicted octanol–water partition coefficient (Wildman–Crippen LogP) is 2.04. The minimum Gasteiger partial charge on any atom is -0.481 e. The van der Waals surface area contributed by atoms with Gasteiger partial charge in [-0.2, -0.15) is 0 Å². The Balaban J connectivity index is 2.01. The van der Waals surface area contributed by atoms with Crippen molar-refractivity contribution in [1.29, 1.82) is 0 Å². The molecule has 1 aromatic rings. The van der Waals surface area contributed by atoms with Crippen LogP contribution in [-0.4, -0.2) is 47.8 Å². The van der Waals surface area contributed by atoms with Crippen LogP contribution in [0, 0.1) is 0 Å². The number of morpholine rings is 1. The van der Waals surface area contributed by atoms with Crippen LogP contribution in [0.15, 0.2) is 35.4 Å². The minimum absolute atomic E-state index is 0.0436. The first-order valence-corrected chi connectivity index (χ1v) is 6.81. The predicted molar refractivity (Wildman–Crippen MR) is 76.6 cm³/mol. The Morgan fingerprint density at radius 1 is 1.38 bits per heavy atom. The largest absolute Gasteiger partial charge is 0.481 e. The van der Waals surface area contributed by atoms with E-state index in [9.17, 15) is 4.79 Å². The highest BCUT2D eigenvalue weighted by molar-refractivity contribution is 5.67. The maximum atomic E-state index is 10.9. The van der Waals surface area contributed by atoms with E-state index in [1.54, 1.807) is 0 Å². The van der Waals surface area contributed by atoms with Crippen LogP contribution >= 0.6 is 0 Å². The highest BCUT2D eigenvalue weighted by atomic mass is 16.5. The summed E-state index contributed by atoms with van der Waals surface area (Å²) >= 11 is 0. The third-order valence-corrected chi connectivity index (χ3v) is 3.31. The van der Waals surface area contributed by atoms with Gasteiger partial charge in [-0.3, -0.25) is 9.69 Å². The van der Waals surface area contributed by atoms with Crippen molar-refractivity contribution in [2.75, 3.05) is 19.6 Å². The van der Waals surface area contributed by atoms with Crippen LogP contribution in [-0.2, 0) is 16.1 Å². The van der Waals surface area contributed by atoms with Crippen LogP contribution in [0.5, 0.6) is 0 Å². The molecule has 0 aromatic heterocycles. The molecule has 7 heteroatoms. The first-order valence-electron chi connectivity index (χ1n) is 6.81. The van der Waals surface area contributed by atoms with Crippen molar-refractivity contribution < 1.29 is 14.6 Å². The number of rotatable bonds is 6. The number of aliphatic carboxylic acids is 1. The number of carboxylic acid groups (broad SMARTS) is 1. The van der Waals surface area contributed by atoms with E-state index in [0.29, 0.717) is 13.1 Å². The SMILES string of the molecule is [N-]=[N+]=NC[C@@H]1CN(Cc2ccccc2)C[C@H](CC(=O)O)O1. The van der Waals surface area contributed by atoms with Crippen LogP contribution in [0.4, 0.5) is 0 Å². The molecule has 0 amide bonds. The van der Waals surface area contributed by atoms with Gasteiger partial charge in [0.25, 0.3) is 0 Å². The van der Waals surface area contributed by atoms with Gasteiger partial charge < -0.3 is 9.84 Å². The van der Waals surface area contributed by atoms with E-state index < -0.39 is 5.97 Å². The Bertz CT molecular complexity index is 504. The molecule has 1 N–H and O–H groups in total. The van der Waals surface area contributed by atoms with Crippen LogP contribution < -0.4 is 0 Å². The monoisotopic (exact) mass is 290 g/mol. The van der Waals surface area contributed by atoms with Crippen LogP contribution in [0.2, 0.25) is 0 Å². The molecule has 112 valence electrons. The van der Waals surface area contributed by atoms with Crippen molar-refractivity contribution in [3.8, 4) is 0 Å². The van der Waals surface area contributed by atoms with Gasteiger partial charge in [0.2, 0.25) is 0 Å². The molecular weight excluding hydrogens is 272 g/mol. The summed E-state index contributed by atoms with van der Waals surface area (Å²) in [5.74, 6) is -0.885. The van der Waals surface area contributed by atoms with Gasteiger partial charge in [0.05, 0.1) is 25.2 Å². The zero-order valence-electron chi connectivity index (χ0n) is 11.6. The van der Waals surface area contributed by atoms with Crippen molar-refractivity contribution in [2.45, 2.75) is 25.2 Å². The summed E-state index contributed by atoms with van der Waals surface area (Å²) in [6, 6.07) is 9.97. The Labute approximate surface area is 122 Å². The second-order valence-electron chi connectivity index (χ2n) is 5.07. The van der Waals surface area contributed by atoms with Crippen LogP contribution in [0.3, 0.4) is 0 Å². The maximum absolute atomic E-state index is 10.9. The average Bonchev–Trinajstić information content (AvgIpc) is 2.45. The fourth-order valence-electron chi connectivity index (χ4n) is 2.52. The van der Waals surface area contributed by atoms with E-state index >= 15 is 0 Å². The average molecular weight is 290 g/mol. The Hall–Kier alpha value is -2.08. The summed E-state index contributed by atoms with van der Waals surface area (Å²) in [7, 11) is 0. The van der Waals surface area contributed by atoms with Crippen LogP contribution in [0.1, 0.15) is 12.0 Å². The van der Waals surface area contributed by atoms with Crippen molar-refractivity contribution in [3.05, 3.63) is 46.3 Å². The summed E-state index contributed by atoms with van der Waals surface area (Å²) in [5, 5.41) is 12.5. The van der Waals surface area contributed by atoms with Gasteiger partial charge in [0.1, 0.15) is 0 Å². The topological polar surface area (TPSA) is 98.5 Å². The standard InChI is InChI=1S/C14H18N4O3/c15-17-16-7-13-10-18(8-11-4-2-1-3-5-11)9-12(21-13)6-14(19)20/h1-5,12-13H,6-10H2,(H,19,20)/t12-,13+/m0/s1. The van der Waals surface area contributed by atoms with Gasteiger partial charge in [0, 0.05) is 24.5 Å². The van der Waals surface area contributed by atoms with Gasteiger partial charge in [-0.25, -0.2) is 0 Å².